The molecule has 1 aromatic carbocycles. The molecule has 1 fully saturated rings. The maximum atomic E-state index is 5.91. The van der Waals surface area contributed by atoms with Crippen LogP contribution >= 0.6 is 27.5 Å². The van der Waals surface area contributed by atoms with Crippen LogP contribution in [0.4, 0.5) is 5.69 Å². The predicted molar refractivity (Wildman–Crippen MR) is 65.0 cm³/mol. The van der Waals surface area contributed by atoms with Crippen molar-refractivity contribution in [3.63, 3.8) is 0 Å². The molecule has 0 atom stereocenters. The van der Waals surface area contributed by atoms with E-state index in [4.69, 9.17) is 11.6 Å². The van der Waals surface area contributed by atoms with Gasteiger partial charge in [0.15, 0.2) is 0 Å². The summed E-state index contributed by atoms with van der Waals surface area (Å²) in [5.74, 6) is 0.879. The third kappa shape index (κ3) is 2.43. The molecule has 76 valence electrons. The monoisotopic (exact) mass is 273 g/mol. The molecule has 0 unspecified atom stereocenters. The van der Waals surface area contributed by atoms with Crippen molar-refractivity contribution in [2.24, 2.45) is 5.92 Å². The van der Waals surface area contributed by atoms with E-state index < -0.39 is 0 Å². The Balaban J connectivity index is 1.91. The van der Waals surface area contributed by atoms with Gasteiger partial charge in [0.1, 0.15) is 0 Å². The maximum absolute atomic E-state index is 5.91. The molecule has 1 aromatic rings. The number of hydrogen-bond donors (Lipinski definition) is 1. The van der Waals surface area contributed by atoms with Crippen LogP contribution in [0.3, 0.4) is 0 Å². The fraction of sp³-hybridized carbons (Fsp3) is 0.455. The third-order valence-corrected chi connectivity index (χ3v) is 3.95. The summed E-state index contributed by atoms with van der Waals surface area (Å²) >= 11 is 9.32. The molecule has 0 heterocycles. The van der Waals surface area contributed by atoms with Crippen molar-refractivity contribution in [1.29, 1.82) is 0 Å². The predicted octanol–water partition coefficient (Wildman–Crippen LogP) is 4.31. The molecular weight excluding hydrogens is 261 g/mol. The van der Waals surface area contributed by atoms with Crippen molar-refractivity contribution in [3.05, 3.63) is 27.7 Å². The normalized spacial score (nSPS) is 16.4. The van der Waals surface area contributed by atoms with Gasteiger partial charge in [0.05, 0.1) is 5.02 Å². The summed E-state index contributed by atoms with van der Waals surface area (Å²) in [6.07, 6.45) is 4.15. The Morgan fingerprint density at radius 1 is 1.43 bits per heavy atom. The molecule has 1 N–H and O–H groups in total. The molecule has 0 radical (unpaired) electrons. The second-order valence-electron chi connectivity index (χ2n) is 3.81. The molecule has 0 bridgehead atoms. The standard InChI is InChI=1S/C11H13BrClN/c12-10-6-9(4-5-11(10)13)14-7-8-2-1-3-8/h4-6,8,14H,1-3,7H2. The van der Waals surface area contributed by atoms with Gasteiger partial charge in [-0.05, 0) is 52.9 Å². The Morgan fingerprint density at radius 3 is 2.79 bits per heavy atom. The van der Waals surface area contributed by atoms with Gasteiger partial charge in [-0.15, -0.1) is 0 Å². The number of anilines is 1. The zero-order valence-electron chi connectivity index (χ0n) is 7.89. The molecule has 14 heavy (non-hydrogen) atoms. The minimum atomic E-state index is 0.763. The molecule has 1 saturated carbocycles. The van der Waals surface area contributed by atoms with Gasteiger partial charge in [0.2, 0.25) is 0 Å². The number of halogens is 2. The largest absolute Gasteiger partial charge is 0.385 e. The number of hydrogen-bond acceptors (Lipinski definition) is 1. The summed E-state index contributed by atoms with van der Waals surface area (Å²) in [6, 6.07) is 5.96. The molecule has 0 aliphatic heterocycles. The number of nitrogens with one attached hydrogen (secondary N) is 1. The summed E-state index contributed by atoms with van der Waals surface area (Å²) < 4.78 is 0.956. The first-order valence-corrected chi connectivity index (χ1v) is 6.12. The van der Waals surface area contributed by atoms with E-state index in [-0.39, 0.29) is 0 Å². The topological polar surface area (TPSA) is 12.0 Å². The van der Waals surface area contributed by atoms with Crippen LogP contribution in [0.5, 0.6) is 0 Å². The van der Waals surface area contributed by atoms with Crippen molar-refractivity contribution in [2.45, 2.75) is 19.3 Å². The van der Waals surface area contributed by atoms with Gasteiger partial charge in [0.25, 0.3) is 0 Å². The Hall–Kier alpha value is -0.210. The maximum Gasteiger partial charge on any atom is 0.0549 e. The van der Waals surface area contributed by atoms with Crippen molar-refractivity contribution < 1.29 is 0 Å². The Labute approximate surface area is 98.0 Å². The summed E-state index contributed by atoms with van der Waals surface area (Å²) in [5, 5.41) is 4.19. The first-order chi connectivity index (χ1) is 6.75. The molecule has 0 spiro atoms. The van der Waals surface area contributed by atoms with E-state index in [1.165, 1.54) is 19.3 Å². The zero-order valence-corrected chi connectivity index (χ0v) is 10.2. The minimum absolute atomic E-state index is 0.763. The smallest absolute Gasteiger partial charge is 0.0549 e. The van der Waals surface area contributed by atoms with E-state index >= 15 is 0 Å². The lowest BCUT2D eigenvalue weighted by molar-refractivity contribution is 0.333. The fourth-order valence-electron chi connectivity index (χ4n) is 1.57. The quantitative estimate of drug-likeness (QED) is 0.866. The van der Waals surface area contributed by atoms with Crippen LogP contribution in [0.15, 0.2) is 22.7 Å². The van der Waals surface area contributed by atoms with Crippen LogP contribution in [0.25, 0.3) is 0 Å². The third-order valence-electron chi connectivity index (χ3n) is 2.74. The van der Waals surface area contributed by atoms with E-state index in [1.807, 2.05) is 18.2 Å². The van der Waals surface area contributed by atoms with Gasteiger partial charge in [-0.1, -0.05) is 18.0 Å². The van der Waals surface area contributed by atoms with Crippen LogP contribution in [-0.2, 0) is 0 Å². The van der Waals surface area contributed by atoms with E-state index in [0.717, 1.165) is 27.6 Å². The summed E-state index contributed by atoms with van der Waals surface area (Å²) in [6.45, 7) is 1.09. The lowest BCUT2D eigenvalue weighted by atomic mass is 9.85. The van der Waals surface area contributed by atoms with Crippen LogP contribution in [0, 0.1) is 5.92 Å². The SMILES string of the molecule is Clc1ccc(NCC2CCC2)cc1Br. The first-order valence-electron chi connectivity index (χ1n) is 4.94. The Morgan fingerprint density at radius 2 is 2.21 bits per heavy atom. The van der Waals surface area contributed by atoms with E-state index in [0.29, 0.717) is 0 Å². The van der Waals surface area contributed by atoms with E-state index in [1.54, 1.807) is 0 Å². The van der Waals surface area contributed by atoms with Gasteiger partial charge in [-0.3, -0.25) is 0 Å². The second kappa shape index (κ2) is 4.54. The number of benzene rings is 1. The van der Waals surface area contributed by atoms with Crippen molar-refractivity contribution >= 4 is 33.2 Å². The highest BCUT2D eigenvalue weighted by atomic mass is 79.9. The molecule has 0 saturated heterocycles. The van der Waals surface area contributed by atoms with E-state index in [2.05, 4.69) is 21.2 Å². The Kier molecular flexibility index (Phi) is 3.34. The van der Waals surface area contributed by atoms with Crippen molar-refractivity contribution in [2.75, 3.05) is 11.9 Å². The van der Waals surface area contributed by atoms with Crippen molar-refractivity contribution in [1.82, 2.24) is 0 Å². The van der Waals surface area contributed by atoms with Gasteiger partial charge >= 0.3 is 0 Å². The molecule has 2 rings (SSSR count). The highest BCUT2D eigenvalue weighted by Gasteiger charge is 2.16. The molecule has 1 aliphatic carbocycles. The summed E-state index contributed by atoms with van der Waals surface area (Å²) in [4.78, 5) is 0. The first kappa shape index (κ1) is 10.3. The molecular formula is C11H13BrClN. The average molecular weight is 275 g/mol. The molecule has 1 aliphatic rings. The lowest BCUT2D eigenvalue weighted by Gasteiger charge is -2.25. The fourth-order valence-corrected chi connectivity index (χ4v) is 2.06. The highest BCUT2D eigenvalue weighted by molar-refractivity contribution is 9.10. The molecule has 3 heteroatoms. The summed E-state index contributed by atoms with van der Waals surface area (Å²) in [7, 11) is 0. The van der Waals surface area contributed by atoms with Gasteiger partial charge < -0.3 is 5.32 Å². The van der Waals surface area contributed by atoms with Crippen LogP contribution in [-0.4, -0.2) is 6.54 Å². The van der Waals surface area contributed by atoms with Gasteiger partial charge in [-0.25, -0.2) is 0 Å². The second-order valence-corrected chi connectivity index (χ2v) is 5.07. The highest BCUT2D eigenvalue weighted by Crippen LogP contribution is 2.28. The Bertz CT molecular complexity index is 323. The van der Waals surface area contributed by atoms with Gasteiger partial charge in [0, 0.05) is 16.7 Å². The minimum Gasteiger partial charge on any atom is -0.385 e. The van der Waals surface area contributed by atoms with Crippen LogP contribution < -0.4 is 5.32 Å². The lowest BCUT2D eigenvalue weighted by Crippen LogP contribution is -2.20. The van der Waals surface area contributed by atoms with Crippen molar-refractivity contribution in [3.8, 4) is 0 Å². The average Bonchev–Trinajstić information content (AvgIpc) is 2.08. The zero-order chi connectivity index (χ0) is 9.97. The number of rotatable bonds is 3. The molecule has 1 nitrogen and oxygen atoms in total. The molecule has 0 amide bonds. The summed E-state index contributed by atoms with van der Waals surface area (Å²) in [5.41, 5.74) is 1.15. The molecule has 0 aromatic heterocycles. The van der Waals surface area contributed by atoms with E-state index in [9.17, 15) is 0 Å². The van der Waals surface area contributed by atoms with Crippen LogP contribution in [0.1, 0.15) is 19.3 Å². The van der Waals surface area contributed by atoms with Crippen LogP contribution in [0.2, 0.25) is 5.02 Å². The van der Waals surface area contributed by atoms with Gasteiger partial charge in [-0.2, -0.15) is 0 Å².